The molecule has 174 valence electrons. The number of thiophene rings is 1. The van der Waals surface area contributed by atoms with E-state index in [0.717, 1.165) is 38.9 Å². The minimum atomic E-state index is -5.08. The number of ether oxygens (including phenoxy) is 1. The van der Waals surface area contributed by atoms with Crippen molar-refractivity contribution < 1.29 is 32.6 Å². The van der Waals surface area contributed by atoms with Crippen LogP contribution in [0.1, 0.15) is 34.6 Å². The number of aliphatic carboxylic acids is 1. The molecule has 2 fully saturated rings. The van der Waals surface area contributed by atoms with E-state index in [9.17, 15) is 18.0 Å². The number of hydrogen-bond acceptors (Lipinski definition) is 7. The lowest BCUT2D eigenvalue weighted by Gasteiger charge is -2.38. The average Bonchev–Trinajstić information content (AvgIpc) is 3.39. The summed E-state index contributed by atoms with van der Waals surface area (Å²) in [4.78, 5) is 33.1. The van der Waals surface area contributed by atoms with Gasteiger partial charge >= 0.3 is 12.1 Å². The molecule has 2 N–H and O–H groups in total. The van der Waals surface area contributed by atoms with E-state index in [1.54, 1.807) is 23.7 Å². The smallest absolute Gasteiger partial charge is 0.475 e. The van der Waals surface area contributed by atoms with E-state index in [0.29, 0.717) is 12.3 Å². The summed E-state index contributed by atoms with van der Waals surface area (Å²) in [7, 11) is 0. The quantitative estimate of drug-likeness (QED) is 0.705. The fourth-order valence-corrected chi connectivity index (χ4v) is 4.54. The van der Waals surface area contributed by atoms with Crippen LogP contribution < -0.4 is 5.32 Å². The molecule has 0 aliphatic carbocycles. The highest BCUT2D eigenvalue weighted by atomic mass is 32.1. The molecule has 0 radical (unpaired) electrons. The highest BCUT2D eigenvalue weighted by Crippen LogP contribution is 2.35. The van der Waals surface area contributed by atoms with Gasteiger partial charge in [0.2, 0.25) is 0 Å². The number of alkyl halides is 3. The third-order valence-electron chi connectivity index (χ3n) is 5.22. The van der Waals surface area contributed by atoms with Crippen LogP contribution in [0.5, 0.6) is 0 Å². The Morgan fingerprint density at radius 2 is 2.16 bits per heavy atom. The second-order valence-corrected chi connectivity index (χ2v) is 8.66. The third kappa shape index (κ3) is 6.71. The first-order valence-electron chi connectivity index (χ1n) is 9.93. The zero-order chi connectivity index (χ0) is 23.2. The van der Waals surface area contributed by atoms with Gasteiger partial charge in [0, 0.05) is 49.6 Å². The minimum Gasteiger partial charge on any atom is -0.475 e. The van der Waals surface area contributed by atoms with Crippen LogP contribution in [0.4, 0.5) is 13.2 Å². The number of nitrogens with zero attached hydrogens (tertiary/aromatic N) is 3. The zero-order valence-electron chi connectivity index (χ0n) is 17.0. The van der Waals surface area contributed by atoms with Gasteiger partial charge in [-0.25, -0.2) is 9.78 Å². The molecule has 8 nitrogen and oxygen atoms in total. The maximum absolute atomic E-state index is 12.3. The Bertz CT molecular complexity index is 898. The molecule has 32 heavy (non-hydrogen) atoms. The van der Waals surface area contributed by atoms with Crippen molar-refractivity contribution in [3.8, 4) is 0 Å². The summed E-state index contributed by atoms with van der Waals surface area (Å²) in [5, 5.41) is 12.4. The van der Waals surface area contributed by atoms with Crippen molar-refractivity contribution in [1.82, 2.24) is 20.2 Å². The van der Waals surface area contributed by atoms with Gasteiger partial charge in [0.1, 0.15) is 5.69 Å². The standard InChI is InChI=1S/C18H22N4O2S.C2HF3O2/c23-17(16-11-19-5-6-20-16)21-14-3-8-24-18(10-14)4-7-22(13-18)12-15-2-1-9-25-15;3-2(4,5)1(6)7/h1-2,5-6,9,11,14H,3-4,7-8,10,12-13H2,(H,21,23);(H,6,7)/t14-,18-;/m1./s1. The summed E-state index contributed by atoms with van der Waals surface area (Å²) in [5.41, 5.74) is 0.240. The summed E-state index contributed by atoms with van der Waals surface area (Å²) in [6, 6.07) is 4.41. The number of carboxylic acid groups (broad SMARTS) is 1. The normalized spacial score (nSPS) is 23.4. The lowest BCUT2D eigenvalue weighted by Crippen LogP contribution is -2.50. The second kappa shape index (κ2) is 10.4. The molecule has 1 spiro atoms. The van der Waals surface area contributed by atoms with Gasteiger partial charge in [-0.1, -0.05) is 6.07 Å². The Morgan fingerprint density at radius 1 is 1.38 bits per heavy atom. The maximum atomic E-state index is 12.3. The highest BCUT2D eigenvalue weighted by molar-refractivity contribution is 7.09. The number of amides is 1. The van der Waals surface area contributed by atoms with E-state index in [-0.39, 0.29) is 17.6 Å². The van der Waals surface area contributed by atoms with E-state index in [1.165, 1.54) is 11.1 Å². The first-order chi connectivity index (χ1) is 15.2. The molecule has 2 atom stereocenters. The minimum absolute atomic E-state index is 0.129. The summed E-state index contributed by atoms with van der Waals surface area (Å²) >= 11 is 1.80. The largest absolute Gasteiger partial charge is 0.490 e. The van der Waals surface area contributed by atoms with Gasteiger partial charge in [0.25, 0.3) is 5.91 Å². The number of rotatable bonds is 4. The Hall–Kier alpha value is -2.57. The van der Waals surface area contributed by atoms with Crippen LogP contribution in [0.15, 0.2) is 36.1 Å². The summed E-state index contributed by atoms with van der Waals surface area (Å²) < 4.78 is 37.9. The molecule has 1 amide bonds. The number of halogens is 3. The number of carbonyl (C=O) groups excluding carboxylic acids is 1. The first-order valence-corrected chi connectivity index (χ1v) is 10.8. The summed E-state index contributed by atoms with van der Waals surface area (Å²) in [6.07, 6.45) is 2.26. The molecule has 2 saturated heterocycles. The SMILES string of the molecule is O=C(N[C@@H]1CCO[C@]2(CCN(Cc3cccs3)C2)C1)c1cnccn1.O=C(O)C(F)(F)F. The Labute approximate surface area is 186 Å². The number of hydrogen-bond donors (Lipinski definition) is 2. The van der Waals surface area contributed by atoms with Gasteiger partial charge in [0.15, 0.2) is 0 Å². The molecule has 2 aliphatic heterocycles. The van der Waals surface area contributed by atoms with E-state index in [1.807, 2.05) is 0 Å². The van der Waals surface area contributed by atoms with Crippen LogP contribution in [0, 0.1) is 0 Å². The Morgan fingerprint density at radius 3 is 2.78 bits per heavy atom. The Kier molecular flexibility index (Phi) is 7.80. The molecule has 4 heterocycles. The molecular formula is C20H23F3N4O4S. The zero-order valence-corrected chi connectivity index (χ0v) is 17.9. The van der Waals surface area contributed by atoms with Crippen molar-refractivity contribution in [3.63, 3.8) is 0 Å². The summed E-state index contributed by atoms with van der Waals surface area (Å²) in [6.45, 7) is 3.66. The van der Waals surface area contributed by atoms with E-state index in [4.69, 9.17) is 14.6 Å². The second-order valence-electron chi connectivity index (χ2n) is 7.63. The van der Waals surface area contributed by atoms with Gasteiger partial charge in [0.05, 0.1) is 11.8 Å². The molecular weight excluding hydrogens is 449 g/mol. The van der Waals surface area contributed by atoms with Crippen molar-refractivity contribution in [2.24, 2.45) is 0 Å². The third-order valence-corrected chi connectivity index (χ3v) is 6.08. The average molecular weight is 472 g/mol. The van der Waals surface area contributed by atoms with Crippen molar-refractivity contribution in [3.05, 3.63) is 46.7 Å². The van der Waals surface area contributed by atoms with Crippen LogP contribution in [-0.2, 0) is 16.1 Å². The van der Waals surface area contributed by atoms with Crippen LogP contribution in [0.2, 0.25) is 0 Å². The molecule has 0 bridgehead atoms. The van der Waals surface area contributed by atoms with Gasteiger partial charge in [-0.2, -0.15) is 13.2 Å². The van der Waals surface area contributed by atoms with Crippen molar-refractivity contribution in [2.75, 3.05) is 19.7 Å². The fourth-order valence-electron chi connectivity index (χ4n) is 3.80. The number of carbonyl (C=O) groups is 2. The van der Waals surface area contributed by atoms with E-state index >= 15 is 0 Å². The topological polar surface area (TPSA) is 105 Å². The molecule has 0 saturated carbocycles. The molecule has 0 aromatic carbocycles. The monoisotopic (exact) mass is 472 g/mol. The summed E-state index contributed by atoms with van der Waals surface area (Å²) in [5.74, 6) is -2.91. The van der Waals surface area contributed by atoms with E-state index < -0.39 is 12.1 Å². The van der Waals surface area contributed by atoms with Crippen LogP contribution >= 0.6 is 11.3 Å². The predicted molar refractivity (Wildman–Crippen MR) is 109 cm³/mol. The van der Waals surface area contributed by atoms with Gasteiger partial charge in [-0.3, -0.25) is 14.7 Å². The lowest BCUT2D eigenvalue weighted by molar-refractivity contribution is -0.192. The number of nitrogens with one attached hydrogen (secondary N) is 1. The van der Waals surface area contributed by atoms with Crippen molar-refractivity contribution in [2.45, 2.75) is 43.6 Å². The van der Waals surface area contributed by atoms with Crippen LogP contribution in [0.3, 0.4) is 0 Å². The van der Waals surface area contributed by atoms with Crippen molar-refractivity contribution in [1.29, 1.82) is 0 Å². The maximum Gasteiger partial charge on any atom is 0.490 e. The number of likely N-dealkylation sites (tertiary alicyclic amines) is 1. The highest BCUT2D eigenvalue weighted by Gasteiger charge is 2.43. The van der Waals surface area contributed by atoms with Gasteiger partial charge < -0.3 is 15.2 Å². The first kappa shape index (κ1) is 24.1. The fraction of sp³-hybridized carbons (Fsp3) is 0.500. The molecule has 2 aromatic heterocycles. The van der Waals surface area contributed by atoms with E-state index in [2.05, 4.69) is 37.7 Å². The molecule has 4 rings (SSSR count). The van der Waals surface area contributed by atoms with Gasteiger partial charge in [-0.05, 0) is 30.7 Å². The van der Waals surface area contributed by atoms with Gasteiger partial charge in [-0.15, -0.1) is 11.3 Å². The molecule has 0 unspecified atom stereocenters. The molecule has 2 aliphatic rings. The number of aromatic nitrogens is 2. The van der Waals surface area contributed by atoms with Crippen LogP contribution in [0.25, 0.3) is 0 Å². The number of carboxylic acids is 1. The Balaban J connectivity index is 0.000000360. The van der Waals surface area contributed by atoms with Crippen molar-refractivity contribution >= 4 is 23.2 Å². The lowest BCUT2D eigenvalue weighted by atomic mass is 9.89. The molecule has 2 aromatic rings. The predicted octanol–water partition coefficient (Wildman–Crippen LogP) is 2.72. The molecule has 12 heteroatoms. The van der Waals surface area contributed by atoms with Crippen LogP contribution in [-0.4, -0.2) is 69.4 Å².